The standard InChI is InChI=1S/C10H16N2O/c1-4-8(2)11-9-6-5-7-10(12-9)13-3/h5-8H,4H2,1-3H3,(H,11,12). The fourth-order valence-electron chi connectivity index (χ4n) is 0.963. The fraction of sp³-hybridized carbons (Fsp3) is 0.500. The second kappa shape index (κ2) is 4.70. The van der Waals surface area contributed by atoms with E-state index >= 15 is 0 Å². The molecule has 1 N–H and O–H groups in total. The molecule has 0 aliphatic carbocycles. The molecule has 0 spiro atoms. The molecule has 0 aromatic carbocycles. The number of hydrogen-bond acceptors (Lipinski definition) is 3. The van der Waals surface area contributed by atoms with E-state index in [-0.39, 0.29) is 0 Å². The molecule has 13 heavy (non-hydrogen) atoms. The molecule has 1 aromatic rings. The first-order chi connectivity index (χ1) is 6.26. The molecule has 0 saturated carbocycles. The van der Waals surface area contributed by atoms with Crippen molar-refractivity contribution in [1.82, 2.24) is 4.98 Å². The molecule has 1 heterocycles. The Balaban J connectivity index is 2.66. The van der Waals surface area contributed by atoms with Gasteiger partial charge in [0.15, 0.2) is 0 Å². The summed E-state index contributed by atoms with van der Waals surface area (Å²) >= 11 is 0. The number of aromatic nitrogens is 1. The average molecular weight is 180 g/mol. The van der Waals surface area contributed by atoms with Crippen LogP contribution in [0.3, 0.4) is 0 Å². The van der Waals surface area contributed by atoms with Crippen LogP contribution in [-0.4, -0.2) is 18.1 Å². The Kier molecular flexibility index (Phi) is 3.55. The van der Waals surface area contributed by atoms with E-state index in [1.807, 2.05) is 18.2 Å². The van der Waals surface area contributed by atoms with Crippen LogP contribution in [0.15, 0.2) is 18.2 Å². The van der Waals surface area contributed by atoms with Crippen molar-refractivity contribution in [2.24, 2.45) is 0 Å². The van der Waals surface area contributed by atoms with Crippen molar-refractivity contribution in [2.45, 2.75) is 26.3 Å². The van der Waals surface area contributed by atoms with Gasteiger partial charge in [0.1, 0.15) is 5.82 Å². The highest BCUT2D eigenvalue weighted by Crippen LogP contribution is 2.11. The van der Waals surface area contributed by atoms with E-state index in [9.17, 15) is 0 Å². The average Bonchev–Trinajstić information content (AvgIpc) is 2.18. The maximum absolute atomic E-state index is 5.02. The Bertz CT molecular complexity index is 263. The quantitative estimate of drug-likeness (QED) is 0.772. The van der Waals surface area contributed by atoms with Crippen LogP contribution < -0.4 is 10.1 Å². The van der Waals surface area contributed by atoms with Crippen LogP contribution in [0, 0.1) is 0 Å². The number of anilines is 1. The van der Waals surface area contributed by atoms with Crippen LogP contribution >= 0.6 is 0 Å². The summed E-state index contributed by atoms with van der Waals surface area (Å²) in [5, 5.41) is 3.28. The van der Waals surface area contributed by atoms with E-state index in [0.29, 0.717) is 11.9 Å². The Hall–Kier alpha value is -1.25. The minimum absolute atomic E-state index is 0.444. The van der Waals surface area contributed by atoms with Crippen molar-refractivity contribution in [3.63, 3.8) is 0 Å². The maximum atomic E-state index is 5.02. The van der Waals surface area contributed by atoms with Gasteiger partial charge >= 0.3 is 0 Å². The number of nitrogens with zero attached hydrogens (tertiary/aromatic N) is 1. The number of rotatable bonds is 4. The molecule has 0 aliphatic rings. The zero-order valence-corrected chi connectivity index (χ0v) is 8.37. The second-order valence-corrected chi connectivity index (χ2v) is 3.02. The third-order valence-electron chi connectivity index (χ3n) is 1.94. The van der Waals surface area contributed by atoms with Crippen LogP contribution in [-0.2, 0) is 0 Å². The highest BCUT2D eigenvalue weighted by molar-refractivity contribution is 5.37. The summed E-state index contributed by atoms with van der Waals surface area (Å²) < 4.78 is 5.02. The Morgan fingerprint density at radius 3 is 2.92 bits per heavy atom. The first-order valence-corrected chi connectivity index (χ1v) is 4.53. The van der Waals surface area contributed by atoms with Crippen LogP contribution in [0.2, 0.25) is 0 Å². The van der Waals surface area contributed by atoms with Gasteiger partial charge in [-0.25, -0.2) is 0 Å². The zero-order chi connectivity index (χ0) is 9.68. The normalized spacial score (nSPS) is 12.2. The van der Waals surface area contributed by atoms with Crippen molar-refractivity contribution in [1.29, 1.82) is 0 Å². The van der Waals surface area contributed by atoms with Gasteiger partial charge in [-0.05, 0) is 19.4 Å². The smallest absolute Gasteiger partial charge is 0.214 e. The summed E-state index contributed by atoms with van der Waals surface area (Å²) in [5.41, 5.74) is 0. The molecule has 0 bridgehead atoms. The van der Waals surface area contributed by atoms with Crippen molar-refractivity contribution in [3.8, 4) is 5.88 Å². The zero-order valence-electron chi connectivity index (χ0n) is 8.37. The lowest BCUT2D eigenvalue weighted by Crippen LogP contribution is -2.14. The summed E-state index contributed by atoms with van der Waals surface area (Å²) in [4.78, 5) is 4.25. The van der Waals surface area contributed by atoms with Gasteiger partial charge in [0, 0.05) is 12.1 Å². The van der Waals surface area contributed by atoms with Crippen LogP contribution in [0.4, 0.5) is 5.82 Å². The fourth-order valence-corrected chi connectivity index (χ4v) is 0.963. The molecule has 0 aliphatic heterocycles. The first kappa shape index (κ1) is 9.84. The van der Waals surface area contributed by atoms with E-state index < -0.39 is 0 Å². The van der Waals surface area contributed by atoms with Crippen molar-refractivity contribution in [2.75, 3.05) is 12.4 Å². The SMILES string of the molecule is CCC(C)Nc1cccc(OC)n1. The Labute approximate surface area is 79.1 Å². The largest absolute Gasteiger partial charge is 0.481 e. The lowest BCUT2D eigenvalue weighted by atomic mass is 10.2. The van der Waals surface area contributed by atoms with Crippen LogP contribution in [0.25, 0.3) is 0 Å². The van der Waals surface area contributed by atoms with Gasteiger partial charge in [0.05, 0.1) is 7.11 Å². The Morgan fingerprint density at radius 1 is 1.54 bits per heavy atom. The van der Waals surface area contributed by atoms with Gasteiger partial charge < -0.3 is 10.1 Å². The highest BCUT2D eigenvalue weighted by atomic mass is 16.5. The molecular formula is C10H16N2O. The molecule has 0 radical (unpaired) electrons. The van der Waals surface area contributed by atoms with Crippen molar-refractivity contribution >= 4 is 5.82 Å². The first-order valence-electron chi connectivity index (χ1n) is 4.53. The predicted octanol–water partition coefficient (Wildman–Crippen LogP) is 2.30. The second-order valence-electron chi connectivity index (χ2n) is 3.02. The molecule has 0 amide bonds. The monoisotopic (exact) mass is 180 g/mol. The molecule has 3 heteroatoms. The van der Waals surface area contributed by atoms with Gasteiger partial charge in [-0.3, -0.25) is 0 Å². The summed E-state index contributed by atoms with van der Waals surface area (Å²) in [6, 6.07) is 6.15. The lowest BCUT2D eigenvalue weighted by molar-refractivity contribution is 0.398. The van der Waals surface area contributed by atoms with E-state index in [0.717, 1.165) is 12.2 Å². The number of methoxy groups -OCH3 is 1. The third kappa shape index (κ3) is 2.93. The number of ether oxygens (including phenoxy) is 1. The van der Waals surface area contributed by atoms with Gasteiger partial charge in [-0.15, -0.1) is 0 Å². The molecule has 0 fully saturated rings. The molecule has 1 unspecified atom stereocenters. The number of nitrogens with one attached hydrogen (secondary N) is 1. The molecule has 1 aromatic heterocycles. The third-order valence-corrected chi connectivity index (χ3v) is 1.94. The van der Waals surface area contributed by atoms with E-state index in [1.54, 1.807) is 7.11 Å². The van der Waals surface area contributed by atoms with E-state index in [2.05, 4.69) is 24.1 Å². The number of hydrogen-bond donors (Lipinski definition) is 1. The van der Waals surface area contributed by atoms with Crippen LogP contribution in [0.1, 0.15) is 20.3 Å². The highest BCUT2D eigenvalue weighted by Gasteiger charge is 2.00. The Morgan fingerprint density at radius 2 is 2.31 bits per heavy atom. The van der Waals surface area contributed by atoms with Gasteiger partial charge in [0.2, 0.25) is 5.88 Å². The van der Waals surface area contributed by atoms with Crippen LogP contribution in [0.5, 0.6) is 5.88 Å². The molecule has 1 atom stereocenters. The maximum Gasteiger partial charge on any atom is 0.214 e. The van der Waals surface area contributed by atoms with E-state index in [4.69, 9.17) is 4.74 Å². The van der Waals surface area contributed by atoms with Gasteiger partial charge in [-0.2, -0.15) is 4.98 Å². The van der Waals surface area contributed by atoms with Crippen molar-refractivity contribution in [3.05, 3.63) is 18.2 Å². The molecule has 0 saturated heterocycles. The summed E-state index contributed by atoms with van der Waals surface area (Å²) in [5.74, 6) is 1.52. The minimum Gasteiger partial charge on any atom is -0.481 e. The molecule has 3 nitrogen and oxygen atoms in total. The van der Waals surface area contributed by atoms with Crippen molar-refractivity contribution < 1.29 is 4.74 Å². The van der Waals surface area contributed by atoms with E-state index in [1.165, 1.54) is 0 Å². The van der Waals surface area contributed by atoms with Gasteiger partial charge in [0.25, 0.3) is 0 Å². The number of pyridine rings is 1. The molecule has 1 rings (SSSR count). The lowest BCUT2D eigenvalue weighted by Gasteiger charge is -2.12. The summed E-state index contributed by atoms with van der Waals surface area (Å²) in [7, 11) is 1.62. The predicted molar refractivity (Wildman–Crippen MR) is 54.2 cm³/mol. The topological polar surface area (TPSA) is 34.1 Å². The molecular weight excluding hydrogens is 164 g/mol. The summed E-state index contributed by atoms with van der Waals surface area (Å²) in [6.07, 6.45) is 1.08. The van der Waals surface area contributed by atoms with Gasteiger partial charge in [-0.1, -0.05) is 13.0 Å². The minimum atomic E-state index is 0.444. The summed E-state index contributed by atoms with van der Waals surface area (Å²) in [6.45, 7) is 4.26. The molecule has 72 valence electrons.